The van der Waals surface area contributed by atoms with Crippen molar-refractivity contribution in [2.24, 2.45) is 0 Å². The van der Waals surface area contributed by atoms with Gasteiger partial charge in [-0.15, -0.1) is 0 Å². The highest BCUT2D eigenvalue weighted by atomic mass is 35.5. The molecule has 2 N–H and O–H groups in total. The van der Waals surface area contributed by atoms with E-state index in [2.05, 4.69) is 15.5 Å². The lowest BCUT2D eigenvalue weighted by atomic mass is 9.74. The van der Waals surface area contributed by atoms with Crippen molar-refractivity contribution in [1.82, 2.24) is 15.5 Å². The average molecular weight is 414 g/mol. The lowest BCUT2D eigenvalue weighted by Gasteiger charge is -2.38. The maximum absolute atomic E-state index is 14.2. The van der Waals surface area contributed by atoms with Crippen LogP contribution in [-0.4, -0.2) is 35.9 Å². The van der Waals surface area contributed by atoms with E-state index in [4.69, 9.17) is 16.3 Å². The lowest BCUT2D eigenvalue weighted by molar-refractivity contribution is 0.0487. The molecule has 0 radical (unpaired) electrons. The van der Waals surface area contributed by atoms with Gasteiger partial charge in [-0.3, -0.25) is 9.89 Å². The third-order valence-electron chi connectivity index (χ3n) is 5.50. The predicted molar refractivity (Wildman–Crippen MR) is 109 cm³/mol. The third kappa shape index (κ3) is 4.04. The second kappa shape index (κ2) is 8.35. The number of amides is 1. The fourth-order valence-electron chi connectivity index (χ4n) is 3.82. The van der Waals surface area contributed by atoms with E-state index in [0.717, 1.165) is 18.4 Å². The zero-order valence-electron chi connectivity index (χ0n) is 15.8. The van der Waals surface area contributed by atoms with Crippen LogP contribution in [0.5, 0.6) is 0 Å². The van der Waals surface area contributed by atoms with Crippen molar-refractivity contribution in [2.75, 3.05) is 19.8 Å². The lowest BCUT2D eigenvalue weighted by Crippen LogP contribution is -2.44. The monoisotopic (exact) mass is 413 g/mol. The van der Waals surface area contributed by atoms with Crippen LogP contribution in [0, 0.1) is 5.82 Å². The summed E-state index contributed by atoms with van der Waals surface area (Å²) in [5, 5.41) is 10.4. The molecule has 0 aliphatic carbocycles. The summed E-state index contributed by atoms with van der Waals surface area (Å²) in [5.74, 6) is -0.712. The number of halogens is 2. The Balaban J connectivity index is 1.57. The molecule has 0 saturated carbocycles. The van der Waals surface area contributed by atoms with Crippen LogP contribution in [0.4, 0.5) is 4.39 Å². The first kappa shape index (κ1) is 19.6. The Morgan fingerprint density at radius 1 is 1.21 bits per heavy atom. The summed E-state index contributed by atoms with van der Waals surface area (Å²) in [6.45, 7) is 1.67. The number of rotatable bonds is 5. The highest BCUT2D eigenvalue weighted by Gasteiger charge is 2.35. The molecule has 1 amide bonds. The first-order valence-electron chi connectivity index (χ1n) is 9.49. The molecule has 0 spiro atoms. The van der Waals surface area contributed by atoms with E-state index < -0.39 is 5.82 Å². The number of H-pyrrole nitrogens is 1. The average Bonchev–Trinajstić information content (AvgIpc) is 3.23. The van der Waals surface area contributed by atoms with E-state index in [-0.39, 0.29) is 11.3 Å². The molecule has 2 heterocycles. The Labute approximate surface area is 173 Å². The summed E-state index contributed by atoms with van der Waals surface area (Å²) >= 11 is 6.21. The standard InChI is InChI=1S/C22H21ClFN3O2/c23-16-5-3-4-15(12-16)22(8-10-29-11-9-22)14-25-21(28)18-13-26-27-20(18)17-6-1-2-7-19(17)24/h1-7,12-13H,8-11,14H2,(H,25,28)(H,26,27). The van der Waals surface area contributed by atoms with Gasteiger partial charge in [-0.1, -0.05) is 35.9 Å². The minimum absolute atomic E-state index is 0.263. The molecule has 1 saturated heterocycles. The van der Waals surface area contributed by atoms with E-state index >= 15 is 0 Å². The number of aromatic amines is 1. The van der Waals surface area contributed by atoms with Crippen molar-refractivity contribution in [1.29, 1.82) is 0 Å². The molecule has 0 bridgehead atoms. The minimum atomic E-state index is -0.411. The molecule has 3 aromatic rings. The molecule has 1 aliphatic rings. The van der Waals surface area contributed by atoms with Crippen molar-refractivity contribution in [3.8, 4) is 11.3 Å². The normalized spacial score (nSPS) is 15.8. The van der Waals surface area contributed by atoms with E-state index in [0.29, 0.717) is 41.6 Å². The maximum atomic E-state index is 14.2. The van der Waals surface area contributed by atoms with Gasteiger partial charge in [-0.05, 0) is 42.7 Å². The quantitative estimate of drug-likeness (QED) is 0.653. The molecule has 0 unspecified atom stereocenters. The highest BCUT2D eigenvalue weighted by molar-refractivity contribution is 6.30. The van der Waals surface area contributed by atoms with E-state index in [1.54, 1.807) is 18.2 Å². The number of aromatic nitrogens is 2. The molecule has 1 aliphatic heterocycles. The van der Waals surface area contributed by atoms with Gasteiger partial charge in [0.25, 0.3) is 5.91 Å². The zero-order valence-corrected chi connectivity index (χ0v) is 16.5. The van der Waals surface area contributed by atoms with Gasteiger partial charge in [-0.2, -0.15) is 5.10 Å². The van der Waals surface area contributed by atoms with Crippen LogP contribution in [0.3, 0.4) is 0 Å². The summed E-state index contributed by atoms with van der Waals surface area (Å²) in [4.78, 5) is 12.9. The summed E-state index contributed by atoms with van der Waals surface area (Å²) in [5.41, 5.74) is 1.80. The molecule has 4 rings (SSSR count). The van der Waals surface area contributed by atoms with Crippen molar-refractivity contribution in [3.05, 3.63) is 76.7 Å². The number of hydrogen-bond acceptors (Lipinski definition) is 3. The van der Waals surface area contributed by atoms with Gasteiger partial charge in [-0.25, -0.2) is 4.39 Å². The third-order valence-corrected chi connectivity index (χ3v) is 5.74. The van der Waals surface area contributed by atoms with Crippen molar-refractivity contribution >= 4 is 17.5 Å². The van der Waals surface area contributed by atoms with E-state index in [9.17, 15) is 9.18 Å². The van der Waals surface area contributed by atoms with Crippen molar-refractivity contribution in [2.45, 2.75) is 18.3 Å². The van der Waals surface area contributed by atoms with Gasteiger partial charge >= 0.3 is 0 Å². The Bertz CT molecular complexity index is 1010. The van der Waals surface area contributed by atoms with Gasteiger partial charge in [0.2, 0.25) is 0 Å². The number of nitrogens with zero attached hydrogens (tertiary/aromatic N) is 1. The number of hydrogen-bond donors (Lipinski definition) is 2. The van der Waals surface area contributed by atoms with Gasteiger partial charge in [0.15, 0.2) is 0 Å². The number of nitrogens with one attached hydrogen (secondary N) is 2. The Hall–Kier alpha value is -2.70. The molecule has 0 atom stereocenters. The number of benzene rings is 2. The number of ether oxygens (including phenoxy) is 1. The van der Waals surface area contributed by atoms with Gasteiger partial charge in [0.1, 0.15) is 5.82 Å². The largest absolute Gasteiger partial charge is 0.381 e. The van der Waals surface area contributed by atoms with Gasteiger partial charge in [0, 0.05) is 35.8 Å². The van der Waals surface area contributed by atoms with Gasteiger partial charge < -0.3 is 10.1 Å². The zero-order chi connectivity index (χ0) is 20.3. The van der Waals surface area contributed by atoms with Crippen LogP contribution in [-0.2, 0) is 10.2 Å². The summed E-state index contributed by atoms with van der Waals surface area (Å²) < 4.78 is 19.7. The fourth-order valence-corrected chi connectivity index (χ4v) is 4.01. The molecule has 2 aromatic carbocycles. The SMILES string of the molecule is O=C(NCC1(c2cccc(Cl)c2)CCOCC1)c1cn[nH]c1-c1ccccc1F. The Morgan fingerprint density at radius 2 is 2.00 bits per heavy atom. The molecular weight excluding hydrogens is 393 g/mol. The first-order chi connectivity index (χ1) is 14.1. The molecule has 1 aromatic heterocycles. The van der Waals surface area contributed by atoms with Crippen LogP contribution in [0.15, 0.2) is 54.7 Å². The Morgan fingerprint density at radius 3 is 2.76 bits per heavy atom. The molecule has 7 heteroatoms. The molecule has 5 nitrogen and oxygen atoms in total. The molecule has 1 fully saturated rings. The van der Waals surface area contributed by atoms with E-state index in [1.165, 1.54) is 12.3 Å². The fraction of sp³-hybridized carbons (Fsp3) is 0.273. The summed E-state index contributed by atoms with van der Waals surface area (Å²) in [7, 11) is 0. The van der Waals surface area contributed by atoms with Crippen molar-refractivity contribution < 1.29 is 13.9 Å². The molecular formula is C22H21ClFN3O2. The topological polar surface area (TPSA) is 67.0 Å². The van der Waals surface area contributed by atoms with Crippen LogP contribution in [0.2, 0.25) is 5.02 Å². The highest BCUT2D eigenvalue weighted by Crippen LogP contribution is 2.35. The first-order valence-corrected chi connectivity index (χ1v) is 9.87. The van der Waals surface area contributed by atoms with Gasteiger partial charge in [0.05, 0.1) is 17.5 Å². The van der Waals surface area contributed by atoms with Crippen molar-refractivity contribution in [3.63, 3.8) is 0 Å². The number of carbonyl (C=O) groups excluding carboxylic acids is 1. The molecule has 150 valence electrons. The van der Waals surface area contributed by atoms with Crippen LogP contribution in [0.25, 0.3) is 11.3 Å². The minimum Gasteiger partial charge on any atom is -0.381 e. The van der Waals surface area contributed by atoms with Crippen LogP contribution in [0.1, 0.15) is 28.8 Å². The van der Waals surface area contributed by atoms with E-state index in [1.807, 2.05) is 24.3 Å². The maximum Gasteiger partial charge on any atom is 0.255 e. The Kier molecular flexibility index (Phi) is 5.65. The summed E-state index contributed by atoms with van der Waals surface area (Å²) in [6, 6.07) is 14.0. The van der Waals surface area contributed by atoms with Crippen LogP contribution < -0.4 is 5.32 Å². The predicted octanol–water partition coefficient (Wildman–Crippen LogP) is 4.35. The molecule has 29 heavy (non-hydrogen) atoms. The second-order valence-corrected chi connectivity index (χ2v) is 7.66. The smallest absolute Gasteiger partial charge is 0.255 e. The van der Waals surface area contributed by atoms with Crippen LogP contribution >= 0.6 is 11.6 Å². The summed E-state index contributed by atoms with van der Waals surface area (Å²) in [6.07, 6.45) is 2.98. The number of carbonyl (C=O) groups is 1. The second-order valence-electron chi connectivity index (χ2n) is 7.22.